The first kappa shape index (κ1) is 15.3. The largest absolute Gasteiger partial charge is 0.432 e. The zero-order valence-corrected chi connectivity index (χ0v) is 12.6. The molecule has 20 heavy (non-hydrogen) atoms. The van der Waals surface area contributed by atoms with Gasteiger partial charge in [-0.25, -0.2) is 4.98 Å². The lowest BCUT2D eigenvalue weighted by Crippen LogP contribution is -2.04. The average Bonchev–Trinajstić information content (AvgIpc) is 2.77. The maximum Gasteiger partial charge on any atom is 0.387 e. The number of nitrogens with zero attached hydrogens (tertiary/aromatic N) is 1. The van der Waals surface area contributed by atoms with E-state index in [4.69, 9.17) is 23.2 Å². The molecule has 0 amide bonds. The van der Waals surface area contributed by atoms with Crippen molar-refractivity contribution in [3.05, 3.63) is 38.3 Å². The summed E-state index contributed by atoms with van der Waals surface area (Å²) in [4.78, 5) is 5.18. The van der Waals surface area contributed by atoms with Gasteiger partial charge in [0.15, 0.2) is 5.75 Å². The van der Waals surface area contributed by atoms with Crippen molar-refractivity contribution in [2.45, 2.75) is 20.1 Å². The van der Waals surface area contributed by atoms with Crippen molar-refractivity contribution in [2.24, 2.45) is 0 Å². The molecule has 0 aliphatic heterocycles. The van der Waals surface area contributed by atoms with Crippen molar-refractivity contribution in [2.75, 3.05) is 5.32 Å². The average molecular weight is 339 g/mol. The number of hydrogen-bond acceptors (Lipinski definition) is 4. The number of ether oxygens (including phenoxy) is 1. The van der Waals surface area contributed by atoms with Gasteiger partial charge in [-0.1, -0.05) is 23.2 Å². The quantitative estimate of drug-likeness (QED) is 0.835. The standard InChI is InChI=1S/C12H10Cl2F2N2OS/c1-6-17-4-8(20-6)5-18-7-2-9(13)11(10(14)3-7)19-12(15)16/h2-4,12,18H,5H2,1H3. The van der Waals surface area contributed by atoms with Gasteiger partial charge in [0, 0.05) is 16.8 Å². The minimum absolute atomic E-state index is 0.0285. The topological polar surface area (TPSA) is 34.2 Å². The van der Waals surface area contributed by atoms with Gasteiger partial charge in [0.2, 0.25) is 0 Å². The SMILES string of the molecule is Cc1ncc(CNc2cc(Cl)c(OC(F)F)c(Cl)c2)s1. The van der Waals surface area contributed by atoms with Gasteiger partial charge >= 0.3 is 6.61 Å². The lowest BCUT2D eigenvalue weighted by molar-refractivity contribution is -0.0497. The third kappa shape index (κ3) is 3.94. The Balaban J connectivity index is 2.09. The number of aryl methyl sites for hydroxylation is 1. The van der Waals surface area contributed by atoms with Crippen LogP contribution in [0.4, 0.5) is 14.5 Å². The normalized spacial score (nSPS) is 10.9. The molecule has 0 unspecified atom stereocenters. The second-order valence-electron chi connectivity index (χ2n) is 3.85. The molecule has 108 valence electrons. The summed E-state index contributed by atoms with van der Waals surface area (Å²) in [6.45, 7) is -0.505. The fourth-order valence-electron chi connectivity index (χ4n) is 1.54. The van der Waals surface area contributed by atoms with E-state index in [0.29, 0.717) is 12.2 Å². The summed E-state index contributed by atoms with van der Waals surface area (Å²) in [6, 6.07) is 2.97. The second-order valence-corrected chi connectivity index (χ2v) is 5.98. The van der Waals surface area contributed by atoms with E-state index in [1.54, 1.807) is 17.5 Å². The maximum atomic E-state index is 12.2. The molecule has 0 spiro atoms. The molecule has 2 aromatic rings. The Morgan fingerprint density at radius 2 is 2.00 bits per heavy atom. The molecule has 0 aliphatic rings. The monoisotopic (exact) mass is 338 g/mol. The predicted octanol–water partition coefficient (Wildman–Crippen LogP) is 4.97. The predicted molar refractivity (Wildman–Crippen MR) is 77.3 cm³/mol. The third-order valence-corrected chi connectivity index (χ3v) is 3.82. The molecular formula is C12H10Cl2F2N2OS. The summed E-state index contributed by atoms with van der Waals surface area (Å²) >= 11 is 13.3. The van der Waals surface area contributed by atoms with Crippen LogP contribution in [0.25, 0.3) is 0 Å². The number of rotatable bonds is 5. The minimum Gasteiger partial charge on any atom is -0.432 e. The smallest absolute Gasteiger partial charge is 0.387 e. The Kier molecular flexibility index (Phi) is 5.01. The number of aromatic nitrogens is 1. The number of benzene rings is 1. The van der Waals surface area contributed by atoms with Crippen LogP contribution in [0.15, 0.2) is 18.3 Å². The van der Waals surface area contributed by atoms with Gasteiger partial charge in [-0.05, 0) is 19.1 Å². The maximum absolute atomic E-state index is 12.2. The van der Waals surface area contributed by atoms with E-state index >= 15 is 0 Å². The number of nitrogens with one attached hydrogen (secondary N) is 1. The van der Waals surface area contributed by atoms with Crippen LogP contribution in [0.2, 0.25) is 10.0 Å². The van der Waals surface area contributed by atoms with E-state index in [-0.39, 0.29) is 15.8 Å². The lowest BCUT2D eigenvalue weighted by Gasteiger charge is -2.11. The molecule has 0 atom stereocenters. The van der Waals surface area contributed by atoms with Crippen molar-refractivity contribution < 1.29 is 13.5 Å². The van der Waals surface area contributed by atoms with Crippen LogP contribution in [0.3, 0.4) is 0 Å². The van der Waals surface area contributed by atoms with Crippen molar-refractivity contribution in [3.8, 4) is 5.75 Å². The summed E-state index contributed by atoms with van der Waals surface area (Å²) in [7, 11) is 0. The Hall–Kier alpha value is -1.11. The summed E-state index contributed by atoms with van der Waals surface area (Å²) in [5.74, 6) is -0.220. The van der Waals surface area contributed by atoms with Gasteiger partial charge < -0.3 is 10.1 Å². The van der Waals surface area contributed by atoms with E-state index in [1.165, 1.54) is 12.1 Å². The Bertz CT molecular complexity index is 584. The van der Waals surface area contributed by atoms with Crippen LogP contribution in [0.5, 0.6) is 5.75 Å². The van der Waals surface area contributed by atoms with Crippen molar-refractivity contribution in [1.82, 2.24) is 4.98 Å². The highest BCUT2D eigenvalue weighted by Crippen LogP contribution is 2.37. The highest BCUT2D eigenvalue weighted by atomic mass is 35.5. The minimum atomic E-state index is -2.97. The first-order valence-corrected chi connectivity index (χ1v) is 7.12. The molecule has 1 N–H and O–H groups in total. The second kappa shape index (κ2) is 6.56. The number of thiazole rings is 1. The number of halogens is 4. The number of anilines is 1. The summed E-state index contributed by atoms with van der Waals surface area (Å²) in [5.41, 5.74) is 0.618. The molecule has 0 aliphatic carbocycles. The van der Waals surface area contributed by atoms with E-state index in [1.807, 2.05) is 6.92 Å². The Morgan fingerprint density at radius 1 is 1.35 bits per heavy atom. The summed E-state index contributed by atoms with van der Waals surface area (Å²) < 4.78 is 28.6. The molecule has 8 heteroatoms. The lowest BCUT2D eigenvalue weighted by atomic mass is 10.3. The molecule has 0 radical (unpaired) electrons. The molecule has 0 saturated carbocycles. The highest BCUT2D eigenvalue weighted by Gasteiger charge is 2.14. The van der Waals surface area contributed by atoms with Gasteiger partial charge in [-0.2, -0.15) is 8.78 Å². The number of alkyl halides is 2. The Labute approximate surface area is 128 Å². The summed E-state index contributed by atoms with van der Waals surface area (Å²) in [5, 5.41) is 4.12. The zero-order valence-electron chi connectivity index (χ0n) is 10.3. The number of hydrogen-bond donors (Lipinski definition) is 1. The van der Waals surface area contributed by atoms with Gasteiger partial charge in [-0.3, -0.25) is 0 Å². The van der Waals surface area contributed by atoms with Gasteiger partial charge in [0.05, 0.1) is 21.6 Å². The third-order valence-electron chi connectivity index (χ3n) is 2.34. The van der Waals surface area contributed by atoms with Crippen molar-refractivity contribution >= 4 is 40.2 Å². The summed E-state index contributed by atoms with van der Waals surface area (Å²) in [6.07, 6.45) is 1.77. The first-order valence-electron chi connectivity index (χ1n) is 5.54. The molecule has 0 bridgehead atoms. The van der Waals surface area contributed by atoms with Gasteiger partial charge in [0.25, 0.3) is 0 Å². The van der Waals surface area contributed by atoms with Crippen LogP contribution in [0, 0.1) is 6.92 Å². The molecule has 1 aromatic heterocycles. The fourth-order valence-corrected chi connectivity index (χ4v) is 2.85. The highest BCUT2D eigenvalue weighted by molar-refractivity contribution is 7.11. The molecule has 0 fully saturated rings. The Morgan fingerprint density at radius 3 is 2.50 bits per heavy atom. The van der Waals surface area contributed by atoms with Crippen LogP contribution in [-0.2, 0) is 6.54 Å². The van der Waals surface area contributed by atoms with Crippen LogP contribution >= 0.6 is 34.5 Å². The molecule has 2 rings (SSSR count). The van der Waals surface area contributed by atoms with E-state index in [2.05, 4.69) is 15.0 Å². The van der Waals surface area contributed by atoms with Crippen LogP contribution < -0.4 is 10.1 Å². The molecule has 1 heterocycles. The zero-order chi connectivity index (χ0) is 14.7. The van der Waals surface area contributed by atoms with E-state index in [9.17, 15) is 8.78 Å². The van der Waals surface area contributed by atoms with E-state index < -0.39 is 6.61 Å². The van der Waals surface area contributed by atoms with E-state index in [0.717, 1.165) is 9.88 Å². The van der Waals surface area contributed by atoms with Gasteiger partial charge in [-0.15, -0.1) is 11.3 Å². The van der Waals surface area contributed by atoms with Crippen LogP contribution in [-0.4, -0.2) is 11.6 Å². The molecule has 3 nitrogen and oxygen atoms in total. The molecule has 1 aromatic carbocycles. The van der Waals surface area contributed by atoms with Gasteiger partial charge in [0.1, 0.15) is 0 Å². The fraction of sp³-hybridized carbons (Fsp3) is 0.250. The molecular weight excluding hydrogens is 329 g/mol. The van der Waals surface area contributed by atoms with Crippen molar-refractivity contribution in [3.63, 3.8) is 0 Å². The van der Waals surface area contributed by atoms with Crippen LogP contribution in [0.1, 0.15) is 9.88 Å². The first-order chi connectivity index (χ1) is 9.45. The van der Waals surface area contributed by atoms with Crippen molar-refractivity contribution in [1.29, 1.82) is 0 Å². The molecule has 0 saturated heterocycles.